The number of benzene rings is 2. The van der Waals surface area contributed by atoms with E-state index < -0.39 is 17.3 Å². The van der Waals surface area contributed by atoms with E-state index in [4.69, 9.17) is 4.74 Å². The summed E-state index contributed by atoms with van der Waals surface area (Å²) in [6.45, 7) is 0. The summed E-state index contributed by atoms with van der Waals surface area (Å²) in [5.74, 6) is -0.722. The topological polar surface area (TPSA) is 95.9 Å². The van der Waals surface area contributed by atoms with E-state index >= 15 is 0 Å². The van der Waals surface area contributed by atoms with Crippen molar-refractivity contribution in [3.8, 4) is 11.5 Å². The summed E-state index contributed by atoms with van der Waals surface area (Å²) in [6, 6.07) is 11.4. The minimum Gasteiger partial charge on any atom is -0.504 e. The third kappa shape index (κ3) is 3.12. The van der Waals surface area contributed by atoms with E-state index in [1.54, 1.807) is 36.4 Å². The van der Waals surface area contributed by atoms with Gasteiger partial charge in [0.05, 0.1) is 13.5 Å². The first-order valence-electron chi connectivity index (χ1n) is 7.65. The van der Waals surface area contributed by atoms with E-state index in [1.165, 1.54) is 25.3 Å². The predicted molar refractivity (Wildman–Crippen MR) is 92.3 cm³/mol. The number of phenolic OH excluding ortho intramolecular Hbond substituents is 1. The molecule has 2 aromatic rings. The van der Waals surface area contributed by atoms with Gasteiger partial charge < -0.3 is 20.3 Å². The van der Waals surface area contributed by atoms with Gasteiger partial charge in [-0.05, 0) is 29.8 Å². The van der Waals surface area contributed by atoms with Crippen molar-refractivity contribution in [1.82, 2.24) is 0 Å². The molecule has 0 saturated carbocycles. The van der Waals surface area contributed by atoms with Crippen molar-refractivity contribution in [2.75, 3.05) is 12.4 Å². The van der Waals surface area contributed by atoms with Gasteiger partial charge in [0.2, 0.25) is 0 Å². The van der Waals surface area contributed by atoms with Crippen LogP contribution in [-0.4, -0.2) is 29.0 Å². The molecule has 0 saturated heterocycles. The van der Waals surface area contributed by atoms with Crippen LogP contribution in [-0.2, 0) is 15.2 Å². The SMILES string of the molecule is COc1cc(/C=C/C(=O)CC2(O)C(=O)Nc3ccccc32)ccc1O. The number of anilines is 1. The molecule has 2 aromatic carbocycles. The fourth-order valence-electron chi connectivity index (χ4n) is 2.77. The minimum absolute atomic E-state index is 0.000443. The average molecular weight is 339 g/mol. The fourth-order valence-corrected chi connectivity index (χ4v) is 2.77. The number of allylic oxidation sites excluding steroid dienone is 1. The van der Waals surface area contributed by atoms with Crippen molar-refractivity contribution in [1.29, 1.82) is 0 Å². The molecule has 1 heterocycles. The highest BCUT2D eigenvalue weighted by atomic mass is 16.5. The molecule has 1 unspecified atom stereocenters. The van der Waals surface area contributed by atoms with Gasteiger partial charge >= 0.3 is 0 Å². The summed E-state index contributed by atoms with van der Waals surface area (Å²) < 4.78 is 5.01. The van der Waals surface area contributed by atoms with E-state index in [1.807, 2.05) is 0 Å². The largest absolute Gasteiger partial charge is 0.504 e. The second kappa shape index (κ2) is 6.41. The van der Waals surface area contributed by atoms with Crippen molar-refractivity contribution >= 4 is 23.5 Å². The van der Waals surface area contributed by atoms with E-state index in [0.717, 1.165) is 0 Å². The normalized spacial score (nSPS) is 18.9. The van der Waals surface area contributed by atoms with Crippen LogP contribution in [0, 0.1) is 0 Å². The van der Waals surface area contributed by atoms with Gasteiger partial charge in [0.25, 0.3) is 5.91 Å². The number of para-hydroxylation sites is 1. The lowest BCUT2D eigenvalue weighted by Crippen LogP contribution is -2.36. The standard InChI is InChI=1S/C19H17NO5/c1-25-17-10-12(7-9-16(17)22)6-8-13(21)11-19(24)14-4-2-3-5-15(14)20-18(19)23/h2-10,22,24H,11H2,1H3,(H,20,23)/b8-6+. The first kappa shape index (κ1) is 16.7. The van der Waals surface area contributed by atoms with Gasteiger partial charge in [-0.25, -0.2) is 0 Å². The van der Waals surface area contributed by atoms with E-state index in [0.29, 0.717) is 16.8 Å². The first-order chi connectivity index (χ1) is 11.9. The van der Waals surface area contributed by atoms with Crippen LogP contribution in [0.5, 0.6) is 11.5 Å². The Morgan fingerprint density at radius 1 is 1.28 bits per heavy atom. The molecule has 3 N–H and O–H groups in total. The summed E-state index contributed by atoms with van der Waals surface area (Å²) in [7, 11) is 1.43. The van der Waals surface area contributed by atoms with E-state index in [9.17, 15) is 19.8 Å². The number of aliphatic hydroxyl groups is 1. The Kier molecular flexibility index (Phi) is 4.29. The quantitative estimate of drug-likeness (QED) is 0.726. The number of aromatic hydroxyl groups is 1. The maximum Gasteiger partial charge on any atom is 0.261 e. The van der Waals surface area contributed by atoms with Crippen LogP contribution in [0.4, 0.5) is 5.69 Å². The molecule has 128 valence electrons. The van der Waals surface area contributed by atoms with Crippen LogP contribution in [0.25, 0.3) is 6.08 Å². The van der Waals surface area contributed by atoms with Crippen molar-refractivity contribution in [3.63, 3.8) is 0 Å². The Morgan fingerprint density at radius 2 is 2.04 bits per heavy atom. The van der Waals surface area contributed by atoms with Crippen LogP contribution < -0.4 is 10.1 Å². The fraction of sp³-hybridized carbons (Fsp3) is 0.158. The number of fused-ring (bicyclic) bond motifs is 1. The molecule has 0 bridgehead atoms. The molecule has 0 fully saturated rings. The lowest BCUT2D eigenvalue weighted by Gasteiger charge is -2.19. The number of amides is 1. The van der Waals surface area contributed by atoms with E-state index in [-0.39, 0.29) is 17.9 Å². The number of rotatable bonds is 5. The van der Waals surface area contributed by atoms with Gasteiger partial charge in [-0.3, -0.25) is 9.59 Å². The Labute approximate surface area is 144 Å². The number of hydrogen-bond donors (Lipinski definition) is 3. The van der Waals surface area contributed by atoms with Crippen molar-refractivity contribution in [2.24, 2.45) is 0 Å². The summed E-state index contributed by atoms with van der Waals surface area (Å²) >= 11 is 0. The molecule has 0 spiro atoms. The monoisotopic (exact) mass is 339 g/mol. The molecule has 6 heteroatoms. The zero-order chi connectivity index (χ0) is 18.0. The van der Waals surface area contributed by atoms with Crippen LogP contribution in [0.3, 0.4) is 0 Å². The summed E-state index contributed by atoms with van der Waals surface area (Å²) in [6.07, 6.45) is 2.46. The number of methoxy groups -OCH3 is 1. The number of nitrogens with one attached hydrogen (secondary N) is 1. The Morgan fingerprint density at radius 3 is 2.80 bits per heavy atom. The number of ketones is 1. The molecule has 1 atom stereocenters. The Hall–Kier alpha value is -3.12. The molecular weight excluding hydrogens is 322 g/mol. The third-order valence-corrected chi connectivity index (χ3v) is 4.09. The maximum atomic E-state index is 12.2. The molecule has 1 aliphatic rings. The molecule has 1 aliphatic heterocycles. The third-order valence-electron chi connectivity index (χ3n) is 4.09. The van der Waals surface area contributed by atoms with Crippen LogP contribution in [0.2, 0.25) is 0 Å². The van der Waals surface area contributed by atoms with Crippen LogP contribution in [0.1, 0.15) is 17.5 Å². The summed E-state index contributed by atoms with van der Waals surface area (Å²) in [5.41, 5.74) is -0.320. The molecule has 0 aromatic heterocycles. The van der Waals surface area contributed by atoms with Gasteiger partial charge in [0.1, 0.15) is 0 Å². The molecule has 6 nitrogen and oxygen atoms in total. The maximum absolute atomic E-state index is 12.2. The number of hydrogen-bond acceptors (Lipinski definition) is 5. The number of phenols is 1. The highest BCUT2D eigenvalue weighted by molar-refractivity contribution is 6.08. The second-order valence-electron chi connectivity index (χ2n) is 5.77. The van der Waals surface area contributed by atoms with Gasteiger partial charge in [-0.15, -0.1) is 0 Å². The zero-order valence-electron chi connectivity index (χ0n) is 13.5. The van der Waals surface area contributed by atoms with Gasteiger partial charge in [-0.1, -0.05) is 30.3 Å². The summed E-state index contributed by atoms with van der Waals surface area (Å²) in [4.78, 5) is 24.3. The van der Waals surface area contributed by atoms with Gasteiger partial charge in [-0.2, -0.15) is 0 Å². The molecular formula is C19H17NO5. The number of carbonyl (C=O) groups excluding carboxylic acids is 2. The molecule has 0 aliphatic carbocycles. The first-order valence-corrected chi connectivity index (χ1v) is 7.65. The van der Waals surface area contributed by atoms with Crippen LogP contribution in [0.15, 0.2) is 48.5 Å². The highest BCUT2D eigenvalue weighted by Gasteiger charge is 2.46. The molecule has 1 amide bonds. The predicted octanol–water partition coefficient (Wildman–Crippen LogP) is 2.21. The van der Waals surface area contributed by atoms with Crippen molar-refractivity contribution in [3.05, 3.63) is 59.7 Å². The number of carbonyl (C=O) groups is 2. The minimum atomic E-state index is -1.87. The number of ether oxygens (including phenoxy) is 1. The average Bonchev–Trinajstić information content (AvgIpc) is 2.85. The smallest absolute Gasteiger partial charge is 0.261 e. The highest BCUT2D eigenvalue weighted by Crippen LogP contribution is 2.38. The molecule has 25 heavy (non-hydrogen) atoms. The van der Waals surface area contributed by atoms with E-state index in [2.05, 4.69) is 5.32 Å². The van der Waals surface area contributed by atoms with Crippen molar-refractivity contribution in [2.45, 2.75) is 12.0 Å². The Balaban J connectivity index is 1.78. The lowest BCUT2D eigenvalue weighted by atomic mass is 9.90. The lowest BCUT2D eigenvalue weighted by molar-refractivity contribution is -0.138. The van der Waals surface area contributed by atoms with Crippen LogP contribution >= 0.6 is 0 Å². The summed E-state index contributed by atoms with van der Waals surface area (Å²) in [5, 5.41) is 22.8. The second-order valence-corrected chi connectivity index (χ2v) is 5.77. The van der Waals surface area contributed by atoms with Gasteiger partial charge in [0.15, 0.2) is 22.9 Å². The zero-order valence-corrected chi connectivity index (χ0v) is 13.5. The molecule has 3 rings (SSSR count). The Bertz CT molecular complexity index is 874. The molecule has 0 radical (unpaired) electrons. The van der Waals surface area contributed by atoms with Crippen molar-refractivity contribution < 1.29 is 24.5 Å². The van der Waals surface area contributed by atoms with Gasteiger partial charge in [0, 0.05) is 11.3 Å².